The quantitative estimate of drug-likeness (QED) is 0.192. The van der Waals surface area contributed by atoms with Crippen molar-refractivity contribution in [2.24, 2.45) is 5.92 Å². The number of hydrogen-bond donors (Lipinski definition) is 3. The lowest BCUT2D eigenvalue weighted by Crippen LogP contribution is -2.49. The first kappa shape index (κ1) is 38.2. The van der Waals surface area contributed by atoms with Crippen LogP contribution in [0.5, 0.6) is 5.75 Å². The second-order valence-corrected chi connectivity index (χ2v) is 13.1. The van der Waals surface area contributed by atoms with Crippen LogP contribution in [0.3, 0.4) is 0 Å². The van der Waals surface area contributed by atoms with E-state index >= 15 is 0 Å². The molecule has 0 saturated carbocycles. The number of anilines is 1. The van der Waals surface area contributed by atoms with Gasteiger partial charge in [0.15, 0.2) is 0 Å². The number of rotatable bonds is 13. The first-order valence-corrected chi connectivity index (χ1v) is 17.3. The average molecular weight is 685 g/mol. The van der Waals surface area contributed by atoms with E-state index in [9.17, 15) is 18.3 Å². The number of alkyl halides is 3. The maximum absolute atomic E-state index is 10.6. The minimum atomic E-state index is -5.08. The van der Waals surface area contributed by atoms with Crippen molar-refractivity contribution in [1.29, 1.82) is 0 Å². The van der Waals surface area contributed by atoms with Gasteiger partial charge in [-0.25, -0.2) is 4.79 Å². The summed E-state index contributed by atoms with van der Waals surface area (Å²) < 4.78 is 37.7. The molecule has 0 aliphatic carbocycles. The van der Waals surface area contributed by atoms with Crippen molar-refractivity contribution in [3.8, 4) is 5.75 Å². The molecule has 3 aromatic rings. The summed E-state index contributed by atoms with van der Waals surface area (Å²) in [5.41, 5.74) is 5.26. The van der Waals surface area contributed by atoms with Gasteiger partial charge in [-0.2, -0.15) is 13.2 Å². The molecule has 0 radical (unpaired) electrons. The number of piperidine rings is 1. The zero-order valence-corrected chi connectivity index (χ0v) is 28.6. The molecule has 11 heteroatoms. The molecule has 3 unspecified atom stereocenters. The first-order valence-electron chi connectivity index (χ1n) is 17.3. The minimum absolute atomic E-state index is 0.286. The van der Waals surface area contributed by atoms with Crippen molar-refractivity contribution < 1.29 is 32.9 Å². The molecule has 2 saturated heterocycles. The highest BCUT2D eigenvalue weighted by molar-refractivity contribution is 5.73. The Morgan fingerprint density at radius 2 is 1.55 bits per heavy atom. The predicted octanol–water partition coefficient (Wildman–Crippen LogP) is 6.35. The van der Waals surface area contributed by atoms with E-state index in [0.29, 0.717) is 13.2 Å². The van der Waals surface area contributed by atoms with Gasteiger partial charge in [0.1, 0.15) is 18.5 Å². The van der Waals surface area contributed by atoms with Gasteiger partial charge >= 0.3 is 12.1 Å². The standard InChI is InChI=1S/C36H50N4O2.C2HF3O2/c1-3-36(37-24-30-11-13-31(14-12-30)26-39-19-7-8-29(2)25-39)32-15-17-35(18-16-32)42-28-34(41)27-38-20-22-40(23-21-38)33-9-5-4-6-10-33;3-2(4,5)1(6)7/h4-6,9-18,29,34,36-37,41H,3,7-8,19-28H2,1-2H3;(H,6,7). The molecule has 3 atom stereocenters. The van der Waals surface area contributed by atoms with E-state index in [1.54, 1.807) is 0 Å². The average Bonchev–Trinajstić information content (AvgIpc) is 3.09. The number of nitrogens with zero attached hydrogens (tertiary/aromatic N) is 3. The van der Waals surface area contributed by atoms with Crippen LogP contribution in [0, 0.1) is 5.92 Å². The highest BCUT2D eigenvalue weighted by Gasteiger charge is 2.38. The topological polar surface area (TPSA) is 88.5 Å². The molecule has 0 bridgehead atoms. The number of halogens is 3. The van der Waals surface area contributed by atoms with E-state index in [0.717, 1.165) is 57.4 Å². The molecule has 2 aliphatic heterocycles. The van der Waals surface area contributed by atoms with Crippen LogP contribution in [-0.4, -0.2) is 90.7 Å². The monoisotopic (exact) mass is 684 g/mol. The van der Waals surface area contributed by atoms with E-state index in [4.69, 9.17) is 14.6 Å². The first-order chi connectivity index (χ1) is 23.5. The van der Waals surface area contributed by atoms with Gasteiger partial charge in [-0.3, -0.25) is 9.80 Å². The molecule has 2 heterocycles. The van der Waals surface area contributed by atoms with Gasteiger partial charge in [0.25, 0.3) is 0 Å². The van der Waals surface area contributed by atoms with Crippen LogP contribution in [0.2, 0.25) is 0 Å². The number of likely N-dealkylation sites (tertiary alicyclic amines) is 1. The number of aliphatic hydroxyl groups is 1. The van der Waals surface area contributed by atoms with E-state index < -0.39 is 18.2 Å². The summed E-state index contributed by atoms with van der Waals surface area (Å²) in [6, 6.07) is 28.3. The summed E-state index contributed by atoms with van der Waals surface area (Å²) in [5, 5.41) is 21.5. The van der Waals surface area contributed by atoms with Crippen LogP contribution in [0.25, 0.3) is 0 Å². The second kappa shape index (κ2) is 18.9. The number of benzene rings is 3. The minimum Gasteiger partial charge on any atom is -0.491 e. The van der Waals surface area contributed by atoms with Gasteiger partial charge in [0, 0.05) is 64.1 Å². The Hall–Kier alpha value is -3.64. The van der Waals surface area contributed by atoms with E-state index in [2.05, 4.69) is 101 Å². The molecular formula is C38H51F3N4O4. The van der Waals surface area contributed by atoms with Crippen molar-refractivity contribution in [3.05, 3.63) is 95.6 Å². The van der Waals surface area contributed by atoms with Crippen LogP contribution in [-0.2, 0) is 17.9 Å². The van der Waals surface area contributed by atoms with Gasteiger partial charge in [0.2, 0.25) is 0 Å². The second-order valence-electron chi connectivity index (χ2n) is 13.1. The number of β-amino-alcohol motifs (C(OH)–C–C–N with tert-alkyl or cyclic N) is 1. The normalized spacial score (nSPS) is 18.7. The summed E-state index contributed by atoms with van der Waals surface area (Å²) in [6.45, 7) is 13.8. The number of carboxylic acid groups (broad SMARTS) is 1. The molecule has 2 aliphatic rings. The van der Waals surface area contributed by atoms with Crippen LogP contribution in [0.1, 0.15) is 55.8 Å². The Bertz CT molecular complexity index is 1380. The lowest BCUT2D eigenvalue weighted by atomic mass is 9.99. The van der Waals surface area contributed by atoms with Crippen LogP contribution in [0.15, 0.2) is 78.9 Å². The van der Waals surface area contributed by atoms with Crippen molar-refractivity contribution >= 4 is 11.7 Å². The number of piperazine rings is 1. The predicted molar refractivity (Wildman–Crippen MR) is 187 cm³/mol. The van der Waals surface area contributed by atoms with Gasteiger partial charge < -0.3 is 25.2 Å². The van der Waals surface area contributed by atoms with E-state index in [-0.39, 0.29) is 6.04 Å². The largest absolute Gasteiger partial charge is 0.491 e. The van der Waals surface area contributed by atoms with Gasteiger partial charge in [-0.1, -0.05) is 68.4 Å². The molecule has 0 amide bonds. The number of para-hydroxylation sites is 1. The van der Waals surface area contributed by atoms with Gasteiger partial charge in [0.05, 0.1) is 0 Å². The third-order valence-electron chi connectivity index (χ3n) is 9.06. The molecule has 5 rings (SSSR count). The fourth-order valence-corrected chi connectivity index (χ4v) is 6.36. The highest BCUT2D eigenvalue weighted by Crippen LogP contribution is 2.22. The van der Waals surface area contributed by atoms with Crippen molar-refractivity contribution in [3.63, 3.8) is 0 Å². The maximum Gasteiger partial charge on any atom is 0.490 e. The number of aliphatic hydroxyl groups excluding tert-OH is 1. The van der Waals surface area contributed by atoms with Crippen molar-refractivity contribution in [2.75, 3.05) is 57.3 Å². The Balaban J connectivity index is 0.000000698. The molecule has 8 nitrogen and oxygen atoms in total. The summed E-state index contributed by atoms with van der Waals surface area (Å²) >= 11 is 0. The van der Waals surface area contributed by atoms with Gasteiger partial charge in [-0.15, -0.1) is 0 Å². The van der Waals surface area contributed by atoms with Crippen molar-refractivity contribution in [1.82, 2.24) is 15.1 Å². The van der Waals surface area contributed by atoms with Crippen LogP contribution >= 0.6 is 0 Å². The number of ether oxygens (including phenoxy) is 1. The number of carboxylic acids is 1. The zero-order valence-electron chi connectivity index (χ0n) is 28.6. The lowest BCUT2D eigenvalue weighted by Gasteiger charge is -2.36. The van der Waals surface area contributed by atoms with E-state index in [1.807, 2.05) is 12.1 Å². The van der Waals surface area contributed by atoms with Gasteiger partial charge in [-0.05, 0) is 72.7 Å². The summed E-state index contributed by atoms with van der Waals surface area (Å²) in [6.07, 6.45) is -1.88. The Kier molecular flexibility index (Phi) is 14.8. The molecule has 49 heavy (non-hydrogen) atoms. The smallest absolute Gasteiger partial charge is 0.490 e. The van der Waals surface area contributed by atoms with E-state index in [1.165, 1.54) is 48.3 Å². The van der Waals surface area contributed by atoms with Crippen LogP contribution in [0.4, 0.5) is 18.9 Å². The Morgan fingerprint density at radius 3 is 2.14 bits per heavy atom. The van der Waals surface area contributed by atoms with Crippen LogP contribution < -0.4 is 15.0 Å². The Labute approximate surface area is 288 Å². The zero-order chi connectivity index (χ0) is 35.2. The molecular weight excluding hydrogens is 633 g/mol. The summed E-state index contributed by atoms with van der Waals surface area (Å²) in [5.74, 6) is -1.13. The Morgan fingerprint density at radius 1 is 0.918 bits per heavy atom. The number of hydrogen-bond acceptors (Lipinski definition) is 7. The number of nitrogens with one attached hydrogen (secondary N) is 1. The molecule has 0 spiro atoms. The highest BCUT2D eigenvalue weighted by atomic mass is 19.4. The fraction of sp³-hybridized carbons (Fsp3) is 0.500. The molecule has 0 aromatic heterocycles. The van der Waals surface area contributed by atoms with Crippen molar-refractivity contribution in [2.45, 2.75) is 64.5 Å². The third kappa shape index (κ3) is 13.0. The molecule has 2 fully saturated rings. The molecule has 3 aromatic carbocycles. The molecule has 268 valence electrons. The third-order valence-corrected chi connectivity index (χ3v) is 9.06. The maximum atomic E-state index is 10.6. The fourth-order valence-electron chi connectivity index (χ4n) is 6.36. The lowest BCUT2D eigenvalue weighted by molar-refractivity contribution is -0.192. The summed E-state index contributed by atoms with van der Waals surface area (Å²) in [7, 11) is 0. The SMILES string of the molecule is CCC(NCc1ccc(CN2CCCC(C)C2)cc1)c1ccc(OCC(O)CN2CCN(c3ccccc3)CC2)cc1.O=C(O)C(F)(F)F. The molecule has 3 N–H and O–H groups in total. The summed E-state index contributed by atoms with van der Waals surface area (Å²) in [4.78, 5) is 16.2. The number of aliphatic carboxylic acids is 1. The number of carbonyl (C=O) groups is 1.